The van der Waals surface area contributed by atoms with Crippen molar-refractivity contribution in [2.45, 2.75) is 120 Å². The number of nitrogens with one attached hydrogen (secondary N) is 1. The van der Waals surface area contributed by atoms with E-state index in [1.807, 2.05) is 21.1 Å². The third kappa shape index (κ3) is 32.3. The molecule has 0 aromatic rings. The van der Waals surface area contributed by atoms with E-state index in [0.29, 0.717) is 25.3 Å². The number of ether oxygens (including phenoxy) is 2. The van der Waals surface area contributed by atoms with Crippen molar-refractivity contribution in [1.82, 2.24) is 15.1 Å². The molecule has 358 valence electrons. The van der Waals surface area contributed by atoms with Crippen LogP contribution in [0.3, 0.4) is 0 Å². The predicted octanol–water partition coefficient (Wildman–Crippen LogP) is 3.49. The second-order valence-electron chi connectivity index (χ2n) is 14.9. The van der Waals surface area contributed by atoms with E-state index in [9.17, 15) is 10.2 Å². The fraction of sp³-hybridized carbons (Fsp3) is 1.00. The zero-order valence-electron chi connectivity index (χ0n) is 39.6. The van der Waals surface area contributed by atoms with Crippen molar-refractivity contribution in [2.24, 2.45) is 0 Å². The predicted molar refractivity (Wildman–Crippen MR) is 239 cm³/mol. The van der Waals surface area contributed by atoms with Crippen LogP contribution in [0.2, 0.25) is 18.1 Å². The van der Waals surface area contributed by atoms with Gasteiger partial charge in [0, 0.05) is 102 Å². The number of aliphatic hydroxyl groups excluding tert-OH is 3. The van der Waals surface area contributed by atoms with Crippen molar-refractivity contribution in [3.8, 4) is 0 Å². The van der Waals surface area contributed by atoms with Crippen LogP contribution in [0.15, 0.2) is 0 Å². The van der Waals surface area contributed by atoms with Gasteiger partial charge in [0.2, 0.25) is 0 Å². The summed E-state index contributed by atoms with van der Waals surface area (Å²) in [4.78, 5) is 4.26. The van der Waals surface area contributed by atoms with E-state index in [-0.39, 0.29) is 18.8 Å². The highest BCUT2D eigenvalue weighted by molar-refractivity contribution is 6.61. The first-order valence-corrected chi connectivity index (χ1v) is 27.2. The first-order chi connectivity index (χ1) is 28.3. The number of nitrogens with zero attached hydrogens (tertiary/aromatic N) is 2. The molecule has 0 spiro atoms. The Bertz CT molecular complexity index is 829. The molecule has 0 aliphatic carbocycles. The highest BCUT2D eigenvalue weighted by Gasteiger charge is 2.38. The minimum atomic E-state index is -2.53. The Hall–Kier alpha value is -0.0294. The van der Waals surface area contributed by atoms with Crippen LogP contribution in [0.25, 0.3) is 0 Å². The van der Waals surface area contributed by atoms with Crippen LogP contribution in [0.1, 0.15) is 77.6 Å². The summed E-state index contributed by atoms with van der Waals surface area (Å²) < 4.78 is 58.6. The van der Waals surface area contributed by atoms with Gasteiger partial charge < -0.3 is 79.7 Å². The molecule has 2 saturated heterocycles. The van der Waals surface area contributed by atoms with E-state index in [4.69, 9.17) is 54.4 Å². The van der Waals surface area contributed by atoms with Crippen molar-refractivity contribution in [3.63, 3.8) is 0 Å². The molecule has 0 aromatic carbocycles. The maximum atomic E-state index is 10.3. The summed E-state index contributed by atoms with van der Waals surface area (Å²) in [6.45, 7) is 7.86. The number of hydrogen-bond donors (Lipinski definition) is 4. The van der Waals surface area contributed by atoms with E-state index < -0.39 is 26.4 Å². The zero-order valence-corrected chi connectivity index (χ0v) is 42.6. The van der Waals surface area contributed by atoms with Crippen LogP contribution in [0.4, 0.5) is 0 Å². The molecule has 20 heteroatoms. The number of hydrogen-bond acceptors (Lipinski definition) is 17. The molecule has 0 amide bonds. The minimum Gasteiger partial charge on any atom is -0.397 e. The van der Waals surface area contributed by atoms with Gasteiger partial charge in [0.25, 0.3) is 0 Å². The molecule has 59 heavy (non-hydrogen) atoms. The molecule has 0 radical (unpaired) electrons. The van der Waals surface area contributed by atoms with Gasteiger partial charge in [0.15, 0.2) is 0 Å². The molecular formula is C39H91N3O14Si3. The lowest BCUT2D eigenvalue weighted by Gasteiger charge is -2.26. The summed E-state index contributed by atoms with van der Waals surface area (Å²) in [5, 5.41) is 31.3. The van der Waals surface area contributed by atoms with Crippen LogP contribution >= 0.6 is 0 Å². The van der Waals surface area contributed by atoms with E-state index in [1.165, 1.54) is 25.7 Å². The Morgan fingerprint density at radius 2 is 0.847 bits per heavy atom. The average Bonchev–Trinajstić information content (AvgIpc) is 4.19. The van der Waals surface area contributed by atoms with Crippen LogP contribution < -0.4 is 5.32 Å². The van der Waals surface area contributed by atoms with E-state index in [0.717, 1.165) is 95.9 Å². The molecule has 2 rings (SSSR count). The summed E-state index contributed by atoms with van der Waals surface area (Å²) in [5.74, 6) is 0. The topological polar surface area (TPSA) is 187 Å². The molecule has 4 unspecified atom stereocenters. The maximum absolute atomic E-state index is 10.3. The fourth-order valence-electron chi connectivity index (χ4n) is 6.34. The molecule has 0 bridgehead atoms. The number of aliphatic hydroxyl groups is 3. The summed E-state index contributed by atoms with van der Waals surface area (Å²) in [6.07, 6.45) is 11.7. The van der Waals surface area contributed by atoms with Gasteiger partial charge in [-0.3, -0.25) is 0 Å². The monoisotopic (exact) mass is 910 g/mol. The third-order valence-corrected chi connectivity index (χ3v) is 18.7. The van der Waals surface area contributed by atoms with Gasteiger partial charge in [-0.25, -0.2) is 0 Å². The smallest absolute Gasteiger partial charge is 0.397 e. The summed E-state index contributed by atoms with van der Waals surface area (Å²) >= 11 is 0. The second kappa shape index (κ2) is 38.4. The molecular weight excluding hydrogens is 819 g/mol. The second-order valence-corrected chi connectivity index (χ2v) is 24.2. The lowest BCUT2D eigenvalue weighted by molar-refractivity contribution is 0.0990. The van der Waals surface area contributed by atoms with E-state index in [1.54, 1.807) is 70.9 Å². The van der Waals surface area contributed by atoms with Gasteiger partial charge in [-0.15, -0.1) is 0 Å². The number of unbranched alkanes of at least 4 members (excludes halogenated alkanes) is 2. The molecule has 2 aliphatic rings. The molecule has 4 atom stereocenters. The third-order valence-electron chi connectivity index (χ3n) is 10.2. The Kier molecular flexibility index (Phi) is 39.8. The van der Waals surface area contributed by atoms with Crippen molar-refractivity contribution in [3.05, 3.63) is 0 Å². The molecule has 0 aromatic heterocycles. The van der Waals surface area contributed by atoms with Crippen molar-refractivity contribution in [2.75, 3.05) is 138 Å². The highest BCUT2D eigenvalue weighted by atomic mass is 28.4. The van der Waals surface area contributed by atoms with Crippen LogP contribution in [-0.4, -0.2) is 214 Å². The number of likely N-dealkylation sites (N-methyl/N-ethyl adjacent to an activating group) is 2. The maximum Gasteiger partial charge on any atom is 0.500 e. The van der Waals surface area contributed by atoms with Gasteiger partial charge in [0.05, 0.1) is 37.6 Å². The number of rotatable bonds is 35. The van der Waals surface area contributed by atoms with Gasteiger partial charge in [-0.2, -0.15) is 0 Å². The van der Waals surface area contributed by atoms with Gasteiger partial charge in [-0.1, -0.05) is 25.7 Å². The minimum absolute atomic E-state index is 0.250. The lowest BCUT2D eigenvalue weighted by atomic mass is 10.1. The largest absolute Gasteiger partial charge is 0.500 e. The van der Waals surface area contributed by atoms with E-state index in [2.05, 4.69) is 15.1 Å². The van der Waals surface area contributed by atoms with Crippen LogP contribution in [0, 0.1) is 0 Å². The van der Waals surface area contributed by atoms with Crippen LogP contribution in [-0.2, 0) is 49.3 Å². The van der Waals surface area contributed by atoms with Gasteiger partial charge >= 0.3 is 26.4 Å². The molecule has 2 fully saturated rings. The lowest BCUT2D eigenvalue weighted by Crippen LogP contribution is -2.43. The zero-order chi connectivity index (χ0) is 45.0. The SMILES string of the molecule is C(CCC1CO1)CC1CO1.CCO.CNCCC[Si](OC)(OC)OC.CO[Si](CCCN(C)CC(O)CCCCC(O)CN(C)CCC[Si](OC)(OC)OC)(OC)OC. The normalized spacial score (nSPS) is 17.4. The quantitative estimate of drug-likeness (QED) is 0.0411. The average molecular weight is 910 g/mol. The summed E-state index contributed by atoms with van der Waals surface area (Å²) in [7, 11) is 13.3. The van der Waals surface area contributed by atoms with E-state index >= 15 is 0 Å². The fourth-order valence-corrected chi connectivity index (χ4v) is 11.5. The Labute approximate surface area is 363 Å². The van der Waals surface area contributed by atoms with Gasteiger partial charge in [0.1, 0.15) is 0 Å². The Balaban J connectivity index is 0. The molecule has 2 aliphatic heterocycles. The molecule has 0 saturated carbocycles. The van der Waals surface area contributed by atoms with Crippen molar-refractivity contribution in [1.29, 1.82) is 0 Å². The Morgan fingerprint density at radius 1 is 0.559 bits per heavy atom. The van der Waals surface area contributed by atoms with Gasteiger partial charge in [-0.05, 0) is 92.6 Å². The first-order valence-electron chi connectivity index (χ1n) is 21.4. The van der Waals surface area contributed by atoms with Crippen LogP contribution in [0.5, 0.6) is 0 Å². The van der Waals surface area contributed by atoms with Crippen molar-refractivity contribution < 1.29 is 64.6 Å². The summed E-state index contributed by atoms with van der Waals surface area (Å²) in [6, 6.07) is 2.35. The Morgan fingerprint density at radius 3 is 1.10 bits per heavy atom. The molecule has 17 nitrogen and oxygen atoms in total. The highest BCUT2D eigenvalue weighted by Crippen LogP contribution is 2.21. The number of epoxide rings is 2. The first kappa shape index (κ1) is 61.1. The summed E-state index contributed by atoms with van der Waals surface area (Å²) in [5.41, 5.74) is 0. The standard InChI is InChI=1S/C22H52N2O8Si2.C8H14O2.C7H19NO3Si.C2H6O/c1-23(15-11-17-33(27-3,28-4)29-5)19-21(25)13-9-10-14-22(26)20-24(2)16-12-18-34(30-6,31-7)32-8;1(3-7-5-9-7)2-4-8-6-10-8;1-8-6-5-7-12(9-2,10-3)11-4;1-2-3/h21-22,25-26H,9-20H2,1-8H3;7-8H,1-6H2;8H,5-7H2,1-4H3;3H,2H2,1H3. The molecule has 4 N–H and O–H groups in total. The molecule has 2 heterocycles. The van der Waals surface area contributed by atoms with Crippen molar-refractivity contribution >= 4 is 26.4 Å².